The molecule has 0 aliphatic heterocycles. The van der Waals surface area contributed by atoms with Gasteiger partial charge in [-0.1, -0.05) is 35.0 Å². The van der Waals surface area contributed by atoms with Gasteiger partial charge in [0.1, 0.15) is 5.78 Å². The number of nitrogens with one attached hydrogen (secondary N) is 2. The number of ketones is 1. The summed E-state index contributed by atoms with van der Waals surface area (Å²) in [5, 5.41) is 12.0. The summed E-state index contributed by atoms with van der Waals surface area (Å²) in [7, 11) is 0. The fraction of sp³-hybridized carbons (Fsp3) is 0.417. The first-order chi connectivity index (χ1) is 15.5. The average molecular weight is 498 g/mol. The predicted octanol–water partition coefficient (Wildman–Crippen LogP) is 5.02. The summed E-state index contributed by atoms with van der Waals surface area (Å²) in [4.78, 5) is 29.6. The summed E-state index contributed by atoms with van der Waals surface area (Å²) in [6.07, 6.45) is 6.85. The van der Waals surface area contributed by atoms with E-state index in [1.807, 2.05) is 35.9 Å². The number of hydrogen-bond acceptors (Lipinski definition) is 5. The number of aryl methyl sites for hydroxylation is 1. The van der Waals surface area contributed by atoms with Crippen LogP contribution in [0.1, 0.15) is 67.9 Å². The Morgan fingerprint density at radius 1 is 1.19 bits per heavy atom. The van der Waals surface area contributed by atoms with Crippen LogP contribution in [0.2, 0.25) is 0 Å². The van der Waals surface area contributed by atoms with Gasteiger partial charge in [-0.2, -0.15) is 5.10 Å². The number of aromatic nitrogens is 3. The molecule has 1 aliphatic rings. The Kier molecular flexibility index (Phi) is 6.89. The van der Waals surface area contributed by atoms with E-state index in [2.05, 4.69) is 43.6 Å². The monoisotopic (exact) mass is 497 g/mol. The van der Waals surface area contributed by atoms with Crippen LogP contribution in [0.5, 0.6) is 0 Å². The van der Waals surface area contributed by atoms with Crippen molar-refractivity contribution in [1.29, 1.82) is 0 Å². The van der Waals surface area contributed by atoms with Gasteiger partial charge in [0.25, 0.3) is 5.91 Å². The number of halogens is 1. The third kappa shape index (κ3) is 4.70. The van der Waals surface area contributed by atoms with E-state index in [9.17, 15) is 9.59 Å². The van der Waals surface area contributed by atoms with Gasteiger partial charge in [-0.25, -0.2) is 9.67 Å². The number of pyridine rings is 1. The van der Waals surface area contributed by atoms with E-state index in [0.717, 1.165) is 46.0 Å². The van der Waals surface area contributed by atoms with Crippen LogP contribution in [0.3, 0.4) is 0 Å². The minimum absolute atomic E-state index is 0.107. The minimum Gasteiger partial charge on any atom is -0.381 e. The Hall–Kier alpha value is -2.74. The van der Waals surface area contributed by atoms with Gasteiger partial charge in [0.05, 0.1) is 28.9 Å². The zero-order valence-electron chi connectivity index (χ0n) is 18.4. The summed E-state index contributed by atoms with van der Waals surface area (Å²) >= 11 is 3.46. The number of hydrogen-bond donors (Lipinski definition) is 2. The molecule has 0 spiro atoms. The fourth-order valence-electron chi connectivity index (χ4n) is 4.23. The Morgan fingerprint density at radius 2 is 1.91 bits per heavy atom. The maximum absolute atomic E-state index is 13.4. The lowest BCUT2D eigenvalue weighted by Gasteiger charge is -2.25. The first kappa shape index (κ1) is 22.5. The second kappa shape index (κ2) is 9.81. The zero-order chi connectivity index (χ0) is 22.7. The molecule has 1 amide bonds. The summed E-state index contributed by atoms with van der Waals surface area (Å²) in [6.45, 7) is 4.76. The number of anilines is 1. The van der Waals surface area contributed by atoms with Gasteiger partial charge in [0.15, 0.2) is 5.65 Å². The van der Waals surface area contributed by atoms with Crippen LogP contribution in [0.15, 0.2) is 41.1 Å². The minimum atomic E-state index is -0.173. The van der Waals surface area contributed by atoms with Gasteiger partial charge in [-0.3, -0.25) is 9.59 Å². The largest absolute Gasteiger partial charge is 0.381 e. The topological polar surface area (TPSA) is 88.9 Å². The molecular formula is C24H28BrN5O2. The van der Waals surface area contributed by atoms with Crippen LogP contribution in [0.4, 0.5) is 5.69 Å². The second-order valence-corrected chi connectivity index (χ2v) is 9.10. The van der Waals surface area contributed by atoms with Crippen molar-refractivity contribution in [2.24, 2.45) is 0 Å². The van der Waals surface area contributed by atoms with Crippen molar-refractivity contribution in [3.8, 4) is 0 Å². The van der Waals surface area contributed by atoms with Crippen molar-refractivity contribution < 1.29 is 9.59 Å². The van der Waals surface area contributed by atoms with E-state index in [1.54, 1.807) is 12.4 Å². The van der Waals surface area contributed by atoms with E-state index in [1.165, 1.54) is 0 Å². The molecule has 4 rings (SSSR count). The van der Waals surface area contributed by atoms with Gasteiger partial charge in [-0.05, 0) is 43.9 Å². The van der Waals surface area contributed by atoms with Gasteiger partial charge in [0.2, 0.25) is 0 Å². The SMILES string of the molecule is CCC(NC(=O)c1cnc2c(cnn2CC)c1NC1CCC(=O)CC1)c1ccc(Br)cc1. The molecule has 0 bridgehead atoms. The highest BCUT2D eigenvalue weighted by molar-refractivity contribution is 9.10. The first-order valence-electron chi connectivity index (χ1n) is 11.2. The van der Waals surface area contributed by atoms with Crippen molar-refractivity contribution in [3.05, 3.63) is 52.3 Å². The fourth-order valence-corrected chi connectivity index (χ4v) is 4.49. The number of carbonyl (C=O) groups excluding carboxylic acids is 2. The highest BCUT2D eigenvalue weighted by Gasteiger charge is 2.25. The second-order valence-electron chi connectivity index (χ2n) is 8.19. The number of Topliss-reactive ketones (excluding diaryl/α,β-unsaturated/α-hetero) is 1. The molecule has 7 nitrogen and oxygen atoms in total. The molecule has 168 valence electrons. The number of rotatable bonds is 7. The lowest BCUT2D eigenvalue weighted by atomic mass is 9.94. The number of amides is 1. The van der Waals surface area contributed by atoms with Gasteiger partial charge in [0, 0.05) is 36.1 Å². The zero-order valence-corrected chi connectivity index (χ0v) is 20.0. The summed E-state index contributed by atoms with van der Waals surface area (Å²) in [6, 6.07) is 8.03. The predicted molar refractivity (Wildman–Crippen MR) is 129 cm³/mol. The number of nitrogens with zero attached hydrogens (tertiary/aromatic N) is 3. The molecule has 2 aromatic heterocycles. The van der Waals surface area contributed by atoms with Crippen LogP contribution < -0.4 is 10.6 Å². The molecule has 1 atom stereocenters. The first-order valence-corrected chi connectivity index (χ1v) is 12.0. The summed E-state index contributed by atoms with van der Waals surface area (Å²) in [5.41, 5.74) is 3.05. The van der Waals surface area contributed by atoms with E-state index in [0.29, 0.717) is 30.7 Å². The molecule has 8 heteroatoms. The maximum atomic E-state index is 13.4. The Morgan fingerprint density at radius 3 is 2.56 bits per heavy atom. The molecule has 1 aromatic carbocycles. The molecule has 0 radical (unpaired) electrons. The van der Waals surface area contributed by atoms with E-state index < -0.39 is 0 Å². The molecule has 2 heterocycles. The number of fused-ring (bicyclic) bond motifs is 1. The molecule has 32 heavy (non-hydrogen) atoms. The molecule has 1 saturated carbocycles. The lowest BCUT2D eigenvalue weighted by Crippen LogP contribution is -2.31. The van der Waals surface area contributed by atoms with Gasteiger partial charge < -0.3 is 10.6 Å². The smallest absolute Gasteiger partial charge is 0.255 e. The van der Waals surface area contributed by atoms with E-state index >= 15 is 0 Å². The number of benzene rings is 1. The lowest BCUT2D eigenvalue weighted by molar-refractivity contribution is -0.120. The number of carbonyl (C=O) groups is 2. The molecule has 1 unspecified atom stereocenters. The van der Waals surface area contributed by atoms with Crippen molar-refractivity contribution in [3.63, 3.8) is 0 Å². The standard InChI is InChI=1S/C24H28BrN5O2/c1-3-21(15-5-7-16(25)8-6-15)29-24(32)20-13-26-23-19(14-27-30(23)4-2)22(20)28-17-9-11-18(31)12-10-17/h5-8,13-14,17,21H,3-4,9-12H2,1-2H3,(H,26,28)(H,29,32). The highest BCUT2D eigenvalue weighted by atomic mass is 79.9. The van der Waals surface area contributed by atoms with Crippen LogP contribution in [-0.4, -0.2) is 32.5 Å². The van der Waals surface area contributed by atoms with Crippen LogP contribution in [-0.2, 0) is 11.3 Å². The highest BCUT2D eigenvalue weighted by Crippen LogP contribution is 2.30. The average Bonchev–Trinajstić information content (AvgIpc) is 3.23. The van der Waals surface area contributed by atoms with E-state index in [-0.39, 0.29) is 18.0 Å². The van der Waals surface area contributed by atoms with Crippen molar-refractivity contribution >= 4 is 44.3 Å². The Balaban J connectivity index is 1.66. The van der Waals surface area contributed by atoms with Crippen LogP contribution in [0, 0.1) is 0 Å². The van der Waals surface area contributed by atoms with Crippen LogP contribution in [0.25, 0.3) is 11.0 Å². The molecule has 3 aromatic rings. The molecule has 0 saturated heterocycles. The quantitative estimate of drug-likeness (QED) is 0.478. The Labute approximate surface area is 196 Å². The third-order valence-electron chi connectivity index (χ3n) is 6.09. The molecule has 1 aliphatic carbocycles. The van der Waals surface area contributed by atoms with E-state index in [4.69, 9.17) is 0 Å². The summed E-state index contributed by atoms with van der Waals surface area (Å²) in [5.74, 6) is 0.132. The van der Waals surface area contributed by atoms with Crippen LogP contribution >= 0.6 is 15.9 Å². The van der Waals surface area contributed by atoms with Crippen molar-refractivity contribution in [1.82, 2.24) is 20.1 Å². The Bertz CT molecular complexity index is 1120. The van der Waals surface area contributed by atoms with Gasteiger partial charge in [-0.15, -0.1) is 0 Å². The molecule has 1 fully saturated rings. The molecule has 2 N–H and O–H groups in total. The summed E-state index contributed by atoms with van der Waals surface area (Å²) < 4.78 is 2.82. The van der Waals surface area contributed by atoms with Crippen molar-refractivity contribution in [2.45, 2.75) is 64.6 Å². The maximum Gasteiger partial charge on any atom is 0.255 e. The van der Waals surface area contributed by atoms with Crippen molar-refractivity contribution in [2.75, 3.05) is 5.32 Å². The van der Waals surface area contributed by atoms with Gasteiger partial charge >= 0.3 is 0 Å². The normalized spacial score (nSPS) is 15.7. The molecular weight excluding hydrogens is 470 g/mol. The third-order valence-corrected chi connectivity index (χ3v) is 6.62.